The SMILES string of the molecule is Cc1cc(F)cc(C)c1S(=O)(=O)N(C)CC(F)(F)F. The van der Waals surface area contributed by atoms with Gasteiger partial charge in [0, 0.05) is 7.05 Å². The minimum atomic E-state index is -4.64. The van der Waals surface area contributed by atoms with E-state index in [9.17, 15) is 26.0 Å². The number of halogens is 4. The average Bonchev–Trinajstić information content (AvgIpc) is 2.11. The molecule has 0 amide bonds. The molecule has 0 spiro atoms. The predicted molar refractivity (Wildman–Crippen MR) is 61.7 cm³/mol. The fourth-order valence-electron chi connectivity index (χ4n) is 1.80. The van der Waals surface area contributed by atoms with Crippen molar-refractivity contribution in [3.05, 3.63) is 29.1 Å². The number of benzene rings is 1. The van der Waals surface area contributed by atoms with E-state index in [1.54, 1.807) is 0 Å². The van der Waals surface area contributed by atoms with Gasteiger partial charge in [-0.2, -0.15) is 17.5 Å². The van der Waals surface area contributed by atoms with Crippen LogP contribution in [0.1, 0.15) is 11.1 Å². The largest absolute Gasteiger partial charge is 0.402 e. The summed E-state index contributed by atoms with van der Waals surface area (Å²) in [4.78, 5) is -0.291. The van der Waals surface area contributed by atoms with Gasteiger partial charge in [0.1, 0.15) is 12.4 Å². The molecule has 1 aromatic rings. The van der Waals surface area contributed by atoms with E-state index < -0.39 is 28.6 Å². The Hall–Kier alpha value is -1.15. The van der Waals surface area contributed by atoms with Crippen LogP contribution in [0.2, 0.25) is 0 Å². The lowest BCUT2D eigenvalue weighted by molar-refractivity contribution is -0.134. The number of hydrogen-bond acceptors (Lipinski definition) is 2. The van der Waals surface area contributed by atoms with Crippen molar-refractivity contribution in [2.75, 3.05) is 13.6 Å². The second kappa shape index (κ2) is 5.09. The van der Waals surface area contributed by atoms with Gasteiger partial charge in [0.15, 0.2) is 0 Å². The number of nitrogens with zero attached hydrogens (tertiary/aromatic N) is 1. The first-order chi connectivity index (χ1) is 8.45. The molecule has 0 saturated heterocycles. The molecule has 3 nitrogen and oxygen atoms in total. The number of aryl methyl sites for hydroxylation is 2. The van der Waals surface area contributed by atoms with E-state index in [1.807, 2.05) is 0 Å². The van der Waals surface area contributed by atoms with Crippen molar-refractivity contribution in [3.63, 3.8) is 0 Å². The van der Waals surface area contributed by atoms with Gasteiger partial charge in [-0.3, -0.25) is 0 Å². The second-order valence-corrected chi connectivity index (χ2v) is 6.23. The van der Waals surface area contributed by atoms with Crippen LogP contribution in [-0.2, 0) is 10.0 Å². The standard InChI is InChI=1S/C11H13F4NO2S/c1-7-4-9(12)5-8(2)10(7)19(17,18)16(3)6-11(13,14)15/h4-5H,6H2,1-3H3. The highest BCUT2D eigenvalue weighted by Crippen LogP contribution is 2.26. The summed E-state index contributed by atoms with van der Waals surface area (Å²) in [5.74, 6) is -0.632. The Bertz CT molecular complexity index is 558. The summed E-state index contributed by atoms with van der Waals surface area (Å²) >= 11 is 0. The lowest BCUT2D eigenvalue weighted by Crippen LogP contribution is -2.36. The zero-order valence-electron chi connectivity index (χ0n) is 10.5. The molecule has 0 heterocycles. The topological polar surface area (TPSA) is 37.4 Å². The quantitative estimate of drug-likeness (QED) is 0.805. The Kier molecular flexibility index (Phi) is 4.26. The number of alkyl halides is 3. The fourth-order valence-corrected chi connectivity index (χ4v) is 3.36. The molecule has 0 saturated carbocycles. The molecule has 8 heteroatoms. The van der Waals surface area contributed by atoms with Crippen molar-refractivity contribution in [2.24, 2.45) is 0 Å². The van der Waals surface area contributed by atoms with Crippen LogP contribution in [0.3, 0.4) is 0 Å². The molecule has 0 unspecified atom stereocenters. The molecule has 0 atom stereocenters. The zero-order valence-corrected chi connectivity index (χ0v) is 11.4. The molecular weight excluding hydrogens is 286 g/mol. The number of rotatable bonds is 3. The van der Waals surface area contributed by atoms with E-state index in [0.29, 0.717) is 0 Å². The summed E-state index contributed by atoms with van der Waals surface area (Å²) in [7, 11) is -3.47. The molecule has 0 aliphatic heterocycles. The molecule has 19 heavy (non-hydrogen) atoms. The summed E-state index contributed by atoms with van der Waals surface area (Å²) in [5, 5.41) is 0. The summed E-state index contributed by atoms with van der Waals surface area (Å²) in [6.07, 6.45) is -4.64. The molecule has 0 fully saturated rings. The summed E-state index contributed by atoms with van der Waals surface area (Å²) in [6, 6.07) is 1.95. The summed E-state index contributed by atoms with van der Waals surface area (Å²) in [5.41, 5.74) is 0.151. The van der Waals surface area contributed by atoms with Crippen molar-refractivity contribution in [1.82, 2.24) is 4.31 Å². The van der Waals surface area contributed by atoms with Crippen molar-refractivity contribution >= 4 is 10.0 Å². The second-order valence-electron chi connectivity index (χ2n) is 4.24. The van der Waals surface area contributed by atoms with Crippen LogP contribution < -0.4 is 0 Å². The van der Waals surface area contributed by atoms with Crippen LogP contribution >= 0.6 is 0 Å². The summed E-state index contributed by atoms with van der Waals surface area (Å²) < 4.78 is 74.2. The first-order valence-corrected chi connectivity index (χ1v) is 6.69. The normalized spacial score (nSPS) is 13.1. The molecule has 108 valence electrons. The third-order valence-corrected chi connectivity index (χ3v) is 4.60. The van der Waals surface area contributed by atoms with Crippen molar-refractivity contribution in [2.45, 2.75) is 24.9 Å². The van der Waals surface area contributed by atoms with Crippen molar-refractivity contribution < 1.29 is 26.0 Å². The molecule has 0 aliphatic carbocycles. The van der Waals surface area contributed by atoms with Gasteiger partial charge in [0.05, 0.1) is 4.90 Å². The zero-order chi connectivity index (χ0) is 15.0. The van der Waals surface area contributed by atoms with Crippen LogP contribution in [0.4, 0.5) is 17.6 Å². The minimum absolute atomic E-state index is 0.0755. The van der Waals surface area contributed by atoms with Gasteiger partial charge in [-0.15, -0.1) is 0 Å². The van der Waals surface area contributed by atoms with Crippen LogP contribution in [0.25, 0.3) is 0 Å². The Morgan fingerprint density at radius 2 is 1.58 bits per heavy atom. The third-order valence-electron chi connectivity index (χ3n) is 2.50. The summed E-state index contributed by atoms with van der Waals surface area (Å²) in [6.45, 7) is 1.08. The molecular formula is C11H13F4NO2S. The molecule has 0 N–H and O–H groups in total. The average molecular weight is 299 g/mol. The highest BCUT2D eigenvalue weighted by atomic mass is 32.2. The van der Waals surface area contributed by atoms with Gasteiger partial charge in [-0.25, -0.2) is 12.8 Å². The highest BCUT2D eigenvalue weighted by Gasteiger charge is 2.35. The van der Waals surface area contributed by atoms with Gasteiger partial charge in [-0.05, 0) is 37.1 Å². The van der Waals surface area contributed by atoms with E-state index in [4.69, 9.17) is 0 Å². The van der Waals surface area contributed by atoms with Gasteiger partial charge < -0.3 is 0 Å². The van der Waals surface area contributed by atoms with Gasteiger partial charge >= 0.3 is 6.18 Å². The Labute approximate surface area is 108 Å². The van der Waals surface area contributed by atoms with Crippen LogP contribution in [0.15, 0.2) is 17.0 Å². The Balaban J connectivity index is 3.29. The van der Waals surface area contributed by atoms with Gasteiger partial charge in [0.2, 0.25) is 10.0 Å². The first-order valence-electron chi connectivity index (χ1n) is 5.25. The number of hydrogen-bond donors (Lipinski definition) is 0. The maximum absolute atomic E-state index is 13.1. The monoisotopic (exact) mass is 299 g/mol. The van der Waals surface area contributed by atoms with E-state index in [2.05, 4.69) is 0 Å². The smallest absolute Gasteiger partial charge is 0.207 e. The van der Waals surface area contributed by atoms with Crippen LogP contribution in [-0.4, -0.2) is 32.5 Å². The van der Waals surface area contributed by atoms with E-state index >= 15 is 0 Å². The Morgan fingerprint density at radius 1 is 1.16 bits per heavy atom. The first kappa shape index (κ1) is 15.9. The lowest BCUT2D eigenvalue weighted by Gasteiger charge is -2.21. The minimum Gasteiger partial charge on any atom is -0.207 e. The van der Waals surface area contributed by atoms with Crippen LogP contribution in [0.5, 0.6) is 0 Å². The molecule has 0 aromatic heterocycles. The molecule has 0 aliphatic rings. The van der Waals surface area contributed by atoms with Crippen LogP contribution in [0, 0.1) is 19.7 Å². The molecule has 0 bridgehead atoms. The van der Waals surface area contributed by atoms with Gasteiger partial charge in [-0.1, -0.05) is 0 Å². The lowest BCUT2D eigenvalue weighted by atomic mass is 10.1. The number of sulfonamides is 1. The predicted octanol–water partition coefficient (Wildman–Crippen LogP) is 2.63. The van der Waals surface area contributed by atoms with Crippen molar-refractivity contribution in [3.8, 4) is 0 Å². The maximum atomic E-state index is 13.1. The third kappa shape index (κ3) is 3.66. The fraction of sp³-hybridized carbons (Fsp3) is 0.455. The van der Waals surface area contributed by atoms with E-state index in [0.717, 1.165) is 19.2 Å². The molecule has 1 rings (SSSR count). The Morgan fingerprint density at radius 3 is 1.95 bits per heavy atom. The highest BCUT2D eigenvalue weighted by molar-refractivity contribution is 7.89. The molecule has 1 aromatic carbocycles. The van der Waals surface area contributed by atoms with E-state index in [-0.39, 0.29) is 20.3 Å². The molecule has 0 radical (unpaired) electrons. The van der Waals surface area contributed by atoms with E-state index in [1.165, 1.54) is 13.8 Å². The maximum Gasteiger partial charge on any atom is 0.402 e. The van der Waals surface area contributed by atoms with Gasteiger partial charge in [0.25, 0.3) is 0 Å². The van der Waals surface area contributed by atoms with Crippen molar-refractivity contribution in [1.29, 1.82) is 0 Å².